The van der Waals surface area contributed by atoms with Crippen molar-refractivity contribution in [3.8, 4) is 0 Å². The van der Waals surface area contributed by atoms with Crippen molar-refractivity contribution in [1.29, 1.82) is 0 Å². The highest BCUT2D eigenvalue weighted by Crippen LogP contribution is 2.02. The van der Waals surface area contributed by atoms with Gasteiger partial charge in [0.1, 0.15) is 11.2 Å². The van der Waals surface area contributed by atoms with E-state index >= 15 is 0 Å². The summed E-state index contributed by atoms with van der Waals surface area (Å²) >= 11 is 0. The zero-order chi connectivity index (χ0) is 11.0. The molecule has 0 amide bonds. The van der Waals surface area contributed by atoms with Crippen molar-refractivity contribution in [3.63, 3.8) is 0 Å². The molecule has 0 saturated carbocycles. The Balaban J connectivity index is 2.97. The van der Waals surface area contributed by atoms with Gasteiger partial charge >= 0.3 is 5.97 Å². The Hall–Kier alpha value is -2.17. The second kappa shape index (κ2) is 3.20. The summed E-state index contributed by atoms with van der Waals surface area (Å²) in [5.74, 6) is -1.25. The van der Waals surface area contributed by atoms with Crippen LogP contribution in [0.15, 0.2) is 29.2 Å². The van der Waals surface area contributed by atoms with E-state index in [1.54, 1.807) is 18.2 Å². The van der Waals surface area contributed by atoms with Crippen LogP contribution in [0, 0.1) is 6.92 Å². The van der Waals surface area contributed by atoms with Crippen LogP contribution in [0.4, 0.5) is 0 Å². The first-order valence-corrected chi connectivity index (χ1v) is 4.32. The molecule has 0 aliphatic rings. The van der Waals surface area contributed by atoms with Crippen molar-refractivity contribution < 1.29 is 9.90 Å². The minimum Gasteiger partial charge on any atom is -0.477 e. The first-order chi connectivity index (χ1) is 7.11. The van der Waals surface area contributed by atoms with Crippen molar-refractivity contribution in [2.45, 2.75) is 6.92 Å². The van der Waals surface area contributed by atoms with Gasteiger partial charge in [-0.25, -0.2) is 9.78 Å². The van der Waals surface area contributed by atoms with Crippen LogP contribution in [0.3, 0.4) is 0 Å². The van der Waals surface area contributed by atoms with Gasteiger partial charge in [0.2, 0.25) is 0 Å². The van der Waals surface area contributed by atoms with Gasteiger partial charge < -0.3 is 5.11 Å². The fourth-order valence-corrected chi connectivity index (χ4v) is 1.45. The number of hydrogen-bond donors (Lipinski definition) is 1. The predicted octanol–water partition coefficient (Wildman–Crippen LogP) is 0.701. The first kappa shape index (κ1) is 9.39. The number of pyridine rings is 1. The van der Waals surface area contributed by atoms with Crippen molar-refractivity contribution in [3.05, 3.63) is 46.0 Å². The van der Waals surface area contributed by atoms with Crippen LogP contribution >= 0.6 is 0 Å². The van der Waals surface area contributed by atoms with E-state index in [1.807, 2.05) is 0 Å². The Morgan fingerprint density at radius 2 is 2.20 bits per heavy atom. The minimum absolute atomic E-state index is 0.235. The number of carbonyl (C=O) groups is 1. The normalized spacial score (nSPS) is 10.5. The number of rotatable bonds is 1. The number of carboxylic acid groups (broad SMARTS) is 1. The maximum absolute atomic E-state index is 11.7. The molecule has 0 fully saturated rings. The molecule has 0 atom stereocenters. The first-order valence-electron chi connectivity index (χ1n) is 4.32. The number of carboxylic acids is 1. The maximum atomic E-state index is 11.7. The third-order valence-electron chi connectivity index (χ3n) is 2.13. The number of aryl methyl sites for hydroxylation is 1. The molecule has 15 heavy (non-hydrogen) atoms. The van der Waals surface area contributed by atoms with Gasteiger partial charge in [0.25, 0.3) is 5.56 Å². The fraction of sp³-hybridized carbons (Fsp3) is 0.100. The van der Waals surface area contributed by atoms with Crippen molar-refractivity contribution in [2.75, 3.05) is 0 Å². The van der Waals surface area contributed by atoms with Gasteiger partial charge in [0.05, 0.1) is 5.69 Å². The van der Waals surface area contributed by atoms with Gasteiger partial charge in [0.15, 0.2) is 0 Å². The van der Waals surface area contributed by atoms with E-state index in [0.29, 0.717) is 5.65 Å². The molecule has 5 nitrogen and oxygen atoms in total. The molecule has 0 aromatic carbocycles. The zero-order valence-electron chi connectivity index (χ0n) is 7.97. The summed E-state index contributed by atoms with van der Waals surface area (Å²) in [6.45, 7) is 1.51. The molecule has 2 heterocycles. The number of nitrogens with zero attached hydrogens (tertiary/aromatic N) is 2. The smallest absolute Gasteiger partial charge is 0.343 e. The van der Waals surface area contributed by atoms with E-state index in [2.05, 4.69) is 4.98 Å². The van der Waals surface area contributed by atoms with Crippen molar-refractivity contribution in [2.24, 2.45) is 0 Å². The van der Waals surface area contributed by atoms with Crippen molar-refractivity contribution in [1.82, 2.24) is 9.38 Å². The average Bonchev–Trinajstić information content (AvgIpc) is 2.17. The summed E-state index contributed by atoms with van der Waals surface area (Å²) in [6.07, 6.45) is 1.50. The van der Waals surface area contributed by atoms with Gasteiger partial charge in [-0.15, -0.1) is 0 Å². The lowest BCUT2D eigenvalue weighted by Crippen LogP contribution is -2.24. The van der Waals surface area contributed by atoms with Gasteiger partial charge in [-0.3, -0.25) is 9.20 Å². The number of aromatic carboxylic acids is 1. The molecule has 2 aromatic rings. The summed E-state index contributed by atoms with van der Waals surface area (Å²) in [5, 5.41) is 8.85. The fourth-order valence-electron chi connectivity index (χ4n) is 1.45. The van der Waals surface area contributed by atoms with Crippen LogP contribution in [-0.2, 0) is 0 Å². The molecule has 0 aliphatic carbocycles. The van der Waals surface area contributed by atoms with Gasteiger partial charge in [-0.05, 0) is 19.1 Å². The topological polar surface area (TPSA) is 71.7 Å². The van der Waals surface area contributed by atoms with E-state index in [-0.39, 0.29) is 11.3 Å². The molecule has 76 valence electrons. The molecular formula is C10H8N2O3. The number of fused-ring (bicyclic) bond motifs is 1. The maximum Gasteiger partial charge on any atom is 0.343 e. The Morgan fingerprint density at radius 1 is 1.47 bits per heavy atom. The molecule has 5 heteroatoms. The predicted molar refractivity (Wildman–Crippen MR) is 53.2 cm³/mol. The van der Waals surface area contributed by atoms with E-state index in [4.69, 9.17) is 5.11 Å². The van der Waals surface area contributed by atoms with Crippen molar-refractivity contribution >= 4 is 11.6 Å². The van der Waals surface area contributed by atoms with Gasteiger partial charge in [-0.1, -0.05) is 6.07 Å². The molecule has 0 saturated heterocycles. The Morgan fingerprint density at radius 3 is 2.87 bits per heavy atom. The SMILES string of the molecule is Cc1nc2ccccn2c(=O)c1C(=O)O. The highest BCUT2D eigenvalue weighted by atomic mass is 16.4. The number of hydrogen-bond acceptors (Lipinski definition) is 3. The summed E-state index contributed by atoms with van der Waals surface area (Å²) < 4.78 is 1.22. The van der Waals surface area contributed by atoms with Crippen LogP contribution in [-0.4, -0.2) is 20.5 Å². The second-order valence-electron chi connectivity index (χ2n) is 3.11. The van der Waals surface area contributed by atoms with Crippen LogP contribution in [0.25, 0.3) is 5.65 Å². The van der Waals surface area contributed by atoms with Gasteiger partial charge in [-0.2, -0.15) is 0 Å². The lowest BCUT2D eigenvalue weighted by atomic mass is 10.2. The molecule has 0 spiro atoms. The molecule has 0 radical (unpaired) electrons. The molecule has 2 rings (SSSR count). The highest BCUT2D eigenvalue weighted by molar-refractivity contribution is 5.88. The van der Waals surface area contributed by atoms with Gasteiger partial charge in [0, 0.05) is 6.20 Å². The molecule has 2 aromatic heterocycles. The van der Waals surface area contributed by atoms with E-state index in [0.717, 1.165) is 0 Å². The standard InChI is InChI=1S/C10H8N2O3/c1-6-8(10(14)15)9(13)12-5-3-2-4-7(12)11-6/h2-5H,1H3,(H,14,15). The molecule has 0 unspecified atom stereocenters. The minimum atomic E-state index is -1.25. The molecule has 0 bridgehead atoms. The third kappa shape index (κ3) is 1.38. The summed E-state index contributed by atoms with van der Waals surface area (Å²) in [6, 6.07) is 5.04. The van der Waals surface area contributed by atoms with Crippen LogP contribution in [0.5, 0.6) is 0 Å². The van der Waals surface area contributed by atoms with Crippen LogP contribution < -0.4 is 5.56 Å². The Labute approximate surface area is 84.6 Å². The average molecular weight is 204 g/mol. The molecule has 0 aliphatic heterocycles. The third-order valence-corrected chi connectivity index (χ3v) is 2.13. The van der Waals surface area contributed by atoms with E-state index in [9.17, 15) is 9.59 Å². The summed E-state index contributed by atoms with van der Waals surface area (Å²) in [5.41, 5.74) is -0.145. The number of aromatic nitrogens is 2. The lowest BCUT2D eigenvalue weighted by Gasteiger charge is -2.03. The quantitative estimate of drug-likeness (QED) is 0.742. The summed E-state index contributed by atoms with van der Waals surface area (Å²) in [4.78, 5) is 26.6. The van der Waals surface area contributed by atoms with E-state index in [1.165, 1.54) is 17.5 Å². The van der Waals surface area contributed by atoms with Crippen LogP contribution in [0.1, 0.15) is 16.1 Å². The highest BCUT2D eigenvalue weighted by Gasteiger charge is 2.15. The van der Waals surface area contributed by atoms with E-state index < -0.39 is 11.5 Å². The van der Waals surface area contributed by atoms with Crippen LogP contribution in [0.2, 0.25) is 0 Å². The molecular weight excluding hydrogens is 196 g/mol. The zero-order valence-corrected chi connectivity index (χ0v) is 7.97. The lowest BCUT2D eigenvalue weighted by molar-refractivity contribution is 0.0693. The summed E-state index contributed by atoms with van der Waals surface area (Å²) in [7, 11) is 0. The monoisotopic (exact) mass is 204 g/mol. The Bertz CT molecular complexity index is 601. The largest absolute Gasteiger partial charge is 0.477 e. The molecule has 1 N–H and O–H groups in total. The second-order valence-corrected chi connectivity index (χ2v) is 3.11. The Kier molecular flexibility index (Phi) is 2.00.